The van der Waals surface area contributed by atoms with Crippen LogP contribution in [0.15, 0.2) is 12.1 Å². The van der Waals surface area contributed by atoms with Gasteiger partial charge in [0.05, 0.1) is 6.54 Å². The lowest BCUT2D eigenvalue weighted by Crippen LogP contribution is -2.60. The van der Waals surface area contributed by atoms with Crippen LogP contribution in [-0.2, 0) is 16.1 Å². The van der Waals surface area contributed by atoms with Crippen molar-refractivity contribution in [3.63, 3.8) is 0 Å². The Kier molecular flexibility index (Phi) is 5.59. The van der Waals surface area contributed by atoms with Crippen molar-refractivity contribution in [2.24, 2.45) is 11.8 Å². The first-order chi connectivity index (χ1) is 16.5. The Morgan fingerprint density at radius 2 is 1.74 bits per heavy atom. The van der Waals surface area contributed by atoms with E-state index in [1.165, 1.54) is 30.6 Å². The number of piperidine rings is 1. The first-order valence-electron chi connectivity index (χ1n) is 12.9. The molecule has 6 rings (SSSR count). The van der Waals surface area contributed by atoms with Gasteiger partial charge in [0.15, 0.2) is 11.6 Å². The zero-order valence-electron chi connectivity index (χ0n) is 19.4. The van der Waals surface area contributed by atoms with Crippen molar-refractivity contribution >= 4 is 17.7 Å². The predicted octanol–water partition coefficient (Wildman–Crippen LogP) is 3.01. The largest absolute Gasteiger partial charge is 0.486 e. The van der Waals surface area contributed by atoms with E-state index in [2.05, 4.69) is 10.2 Å². The minimum absolute atomic E-state index is 0.0206. The quantitative estimate of drug-likeness (QED) is 0.671. The number of halogens is 1. The molecule has 0 radical (unpaired) electrons. The highest BCUT2D eigenvalue weighted by Crippen LogP contribution is 2.41. The Hall–Kier alpha value is -2.48. The van der Waals surface area contributed by atoms with Gasteiger partial charge in [0.2, 0.25) is 11.8 Å². The first-order valence-corrected chi connectivity index (χ1v) is 12.9. The summed E-state index contributed by atoms with van der Waals surface area (Å²) in [6, 6.07) is 2.76. The van der Waals surface area contributed by atoms with Crippen LogP contribution in [0.5, 0.6) is 5.75 Å². The molecule has 0 aromatic heterocycles. The van der Waals surface area contributed by atoms with Crippen LogP contribution >= 0.6 is 0 Å². The molecule has 182 valence electrons. The number of likely N-dealkylation sites (tertiary alicyclic amines) is 1. The number of carbonyl (C=O) groups is 3. The van der Waals surface area contributed by atoms with E-state index in [1.54, 1.807) is 12.1 Å². The molecule has 3 atom stereocenters. The lowest BCUT2D eigenvalue weighted by atomic mass is 9.71. The van der Waals surface area contributed by atoms with Gasteiger partial charge in [-0.15, -0.1) is 0 Å². The molecular formula is C26H32FN3O4. The van der Waals surface area contributed by atoms with Crippen molar-refractivity contribution in [1.82, 2.24) is 15.1 Å². The molecule has 34 heavy (non-hydrogen) atoms. The summed E-state index contributed by atoms with van der Waals surface area (Å²) in [6.45, 7) is 2.29. The third-order valence-electron chi connectivity index (χ3n) is 8.78. The molecule has 8 heteroatoms. The molecule has 2 aliphatic carbocycles. The van der Waals surface area contributed by atoms with Gasteiger partial charge in [-0.3, -0.25) is 24.6 Å². The van der Waals surface area contributed by atoms with Gasteiger partial charge in [0, 0.05) is 36.7 Å². The number of benzene rings is 1. The minimum atomic E-state index is -0.751. The molecule has 1 aromatic carbocycles. The molecule has 1 N–H and O–H groups in total. The van der Waals surface area contributed by atoms with Crippen molar-refractivity contribution in [3.05, 3.63) is 29.1 Å². The Morgan fingerprint density at radius 3 is 2.47 bits per heavy atom. The van der Waals surface area contributed by atoms with Gasteiger partial charge in [-0.1, -0.05) is 25.7 Å². The lowest BCUT2D eigenvalue weighted by molar-refractivity contribution is -0.136. The van der Waals surface area contributed by atoms with E-state index in [0.29, 0.717) is 6.04 Å². The smallest absolute Gasteiger partial charge is 0.255 e. The van der Waals surface area contributed by atoms with Crippen LogP contribution in [0.25, 0.3) is 0 Å². The zero-order chi connectivity index (χ0) is 23.4. The molecule has 3 aliphatic heterocycles. The fourth-order valence-electron chi connectivity index (χ4n) is 6.50. The third kappa shape index (κ3) is 3.70. The number of amides is 3. The second-order valence-corrected chi connectivity index (χ2v) is 10.7. The summed E-state index contributed by atoms with van der Waals surface area (Å²) in [5.74, 6) is 0.221. The van der Waals surface area contributed by atoms with Gasteiger partial charge in [-0.05, 0) is 49.7 Å². The molecule has 3 amide bonds. The Labute approximate surface area is 199 Å². The molecule has 4 fully saturated rings. The molecule has 1 aromatic rings. The molecule has 2 saturated carbocycles. The number of hydrogen-bond acceptors (Lipinski definition) is 5. The maximum atomic E-state index is 15.6. The SMILES string of the molecule is O=C1CCC(N2Cc3c(ccc(O[C@@H]4CCCC[C@H]4N4CC(C5CCC5)C4)c3F)C2=O)C(=O)N1. The van der Waals surface area contributed by atoms with E-state index in [9.17, 15) is 14.4 Å². The van der Waals surface area contributed by atoms with Gasteiger partial charge in [-0.2, -0.15) is 0 Å². The van der Waals surface area contributed by atoms with Crippen LogP contribution in [0.4, 0.5) is 4.39 Å². The second-order valence-electron chi connectivity index (χ2n) is 10.7. The maximum Gasteiger partial charge on any atom is 0.255 e. The number of ether oxygens (including phenoxy) is 1. The molecule has 7 nitrogen and oxygen atoms in total. The maximum absolute atomic E-state index is 15.6. The van der Waals surface area contributed by atoms with Crippen LogP contribution < -0.4 is 10.1 Å². The van der Waals surface area contributed by atoms with Gasteiger partial charge >= 0.3 is 0 Å². The van der Waals surface area contributed by atoms with Crippen molar-refractivity contribution in [2.45, 2.75) is 82.5 Å². The van der Waals surface area contributed by atoms with E-state index < -0.39 is 17.8 Å². The van der Waals surface area contributed by atoms with Crippen molar-refractivity contribution < 1.29 is 23.5 Å². The average Bonchev–Trinajstić information content (AvgIpc) is 3.09. The summed E-state index contributed by atoms with van der Waals surface area (Å²) in [5, 5.41) is 2.28. The Morgan fingerprint density at radius 1 is 0.941 bits per heavy atom. The van der Waals surface area contributed by atoms with Gasteiger partial charge < -0.3 is 9.64 Å². The van der Waals surface area contributed by atoms with E-state index in [-0.39, 0.29) is 54.2 Å². The van der Waals surface area contributed by atoms with E-state index in [4.69, 9.17) is 4.74 Å². The van der Waals surface area contributed by atoms with E-state index in [1.807, 2.05) is 0 Å². The summed E-state index contributed by atoms with van der Waals surface area (Å²) >= 11 is 0. The van der Waals surface area contributed by atoms with Crippen LogP contribution in [0, 0.1) is 17.7 Å². The number of nitrogens with zero attached hydrogens (tertiary/aromatic N) is 2. The highest BCUT2D eigenvalue weighted by molar-refractivity contribution is 6.05. The van der Waals surface area contributed by atoms with Crippen LogP contribution in [0.3, 0.4) is 0 Å². The molecule has 5 aliphatic rings. The average molecular weight is 470 g/mol. The summed E-state index contributed by atoms with van der Waals surface area (Å²) in [5.41, 5.74) is 0.564. The first kappa shape index (κ1) is 22.0. The zero-order valence-corrected chi connectivity index (χ0v) is 19.4. The number of imide groups is 1. The standard InChI is InChI=1S/C26H32FN3O4/c27-24-18-14-30(20-9-11-23(31)28-25(20)32)26(33)17(18)8-10-22(24)34-21-7-2-1-6-19(21)29-12-16(13-29)15-4-3-5-15/h8,10,15-16,19-21H,1-7,9,11-14H2,(H,28,31,32)/t19-,20?,21-/m1/s1. The number of rotatable bonds is 5. The minimum Gasteiger partial charge on any atom is -0.486 e. The van der Waals surface area contributed by atoms with E-state index in [0.717, 1.165) is 44.2 Å². The third-order valence-corrected chi connectivity index (χ3v) is 8.78. The molecular weight excluding hydrogens is 437 g/mol. The summed E-state index contributed by atoms with van der Waals surface area (Å²) in [6.07, 6.45) is 8.75. The second kappa shape index (κ2) is 8.63. The summed E-state index contributed by atoms with van der Waals surface area (Å²) in [4.78, 5) is 40.6. The number of fused-ring (bicyclic) bond motifs is 1. The fourth-order valence-corrected chi connectivity index (χ4v) is 6.50. The van der Waals surface area contributed by atoms with Crippen molar-refractivity contribution in [1.29, 1.82) is 0 Å². The molecule has 2 saturated heterocycles. The van der Waals surface area contributed by atoms with Crippen molar-refractivity contribution in [2.75, 3.05) is 13.1 Å². The molecule has 0 bridgehead atoms. The number of carbonyl (C=O) groups excluding carboxylic acids is 3. The van der Waals surface area contributed by atoms with Gasteiger partial charge in [-0.25, -0.2) is 4.39 Å². The predicted molar refractivity (Wildman–Crippen MR) is 122 cm³/mol. The topological polar surface area (TPSA) is 79.0 Å². The summed E-state index contributed by atoms with van der Waals surface area (Å²) in [7, 11) is 0. The molecule has 3 heterocycles. The lowest BCUT2D eigenvalue weighted by Gasteiger charge is -2.52. The normalized spacial score (nSPS) is 30.6. The molecule has 1 unspecified atom stereocenters. The van der Waals surface area contributed by atoms with Gasteiger partial charge in [0.25, 0.3) is 5.91 Å². The van der Waals surface area contributed by atoms with Crippen LogP contribution in [0.2, 0.25) is 0 Å². The highest BCUT2D eigenvalue weighted by atomic mass is 19.1. The van der Waals surface area contributed by atoms with Crippen molar-refractivity contribution in [3.8, 4) is 5.75 Å². The van der Waals surface area contributed by atoms with Crippen LogP contribution in [0.1, 0.15) is 73.7 Å². The number of nitrogens with one attached hydrogen (secondary N) is 1. The van der Waals surface area contributed by atoms with Gasteiger partial charge in [0.1, 0.15) is 12.1 Å². The summed E-state index contributed by atoms with van der Waals surface area (Å²) < 4.78 is 21.9. The highest BCUT2D eigenvalue weighted by Gasteiger charge is 2.44. The fraction of sp³-hybridized carbons (Fsp3) is 0.654. The molecule has 0 spiro atoms. The monoisotopic (exact) mass is 469 g/mol. The number of hydrogen-bond donors (Lipinski definition) is 1. The Balaban J connectivity index is 1.16. The van der Waals surface area contributed by atoms with E-state index >= 15 is 4.39 Å². The Bertz CT molecular complexity index is 1020. The van der Waals surface area contributed by atoms with Crippen LogP contribution in [-0.4, -0.2) is 58.8 Å².